The third kappa shape index (κ3) is 3.34. The normalized spacial score (nSPS) is 22.2. The van der Waals surface area contributed by atoms with Gasteiger partial charge >= 0.3 is 6.18 Å². The molecular weight excluding hydrogens is 207 g/mol. The zero-order valence-electron chi connectivity index (χ0n) is 9.16. The molecular formula is C10H18F3NO. The summed E-state index contributed by atoms with van der Waals surface area (Å²) in [4.78, 5) is 0. The van der Waals surface area contributed by atoms with Gasteiger partial charge in [-0.15, -0.1) is 0 Å². The predicted molar refractivity (Wildman–Crippen MR) is 51.7 cm³/mol. The quantitative estimate of drug-likeness (QED) is 0.776. The number of hydrogen-bond donors (Lipinski definition) is 1. The third-order valence-electron chi connectivity index (χ3n) is 2.98. The van der Waals surface area contributed by atoms with E-state index in [0.29, 0.717) is 13.0 Å². The molecule has 0 spiro atoms. The first-order chi connectivity index (χ1) is 6.90. The molecule has 1 fully saturated rings. The third-order valence-corrected chi connectivity index (χ3v) is 2.98. The van der Waals surface area contributed by atoms with Crippen molar-refractivity contribution >= 4 is 0 Å². The summed E-state index contributed by atoms with van der Waals surface area (Å²) in [5, 5.41) is 2.94. The average Bonchev–Trinajstić information content (AvgIpc) is 2.07. The number of alkyl halides is 3. The van der Waals surface area contributed by atoms with Gasteiger partial charge in [0.05, 0.1) is 5.60 Å². The van der Waals surface area contributed by atoms with Crippen molar-refractivity contribution in [2.75, 3.05) is 13.6 Å². The van der Waals surface area contributed by atoms with Crippen molar-refractivity contribution in [1.82, 2.24) is 5.32 Å². The molecule has 2 nitrogen and oxygen atoms in total. The predicted octanol–water partition coefficient (Wildman–Crippen LogP) is 2.49. The first kappa shape index (κ1) is 12.8. The highest BCUT2D eigenvalue weighted by molar-refractivity contribution is 4.91. The SMILES string of the molecule is CNCCC1(OC(C)C(F)(F)F)CCC1. The van der Waals surface area contributed by atoms with E-state index >= 15 is 0 Å². The second kappa shape index (κ2) is 4.70. The highest BCUT2D eigenvalue weighted by Gasteiger charge is 2.45. The van der Waals surface area contributed by atoms with E-state index < -0.39 is 17.9 Å². The van der Waals surface area contributed by atoms with E-state index in [-0.39, 0.29) is 0 Å². The van der Waals surface area contributed by atoms with Crippen molar-refractivity contribution in [2.45, 2.75) is 50.5 Å². The monoisotopic (exact) mass is 225 g/mol. The van der Waals surface area contributed by atoms with E-state index in [1.807, 2.05) is 0 Å². The Morgan fingerprint density at radius 1 is 1.40 bits per heavy atom. The van der Waals surface area contributed by atoms with Crippen molar-refractivity contribution in [2.24, 2.45) is 0 Å². The average molecular weight is 225 g/mol. The van der Waals surface area contributed by atoms with Crippen molar-refractivity contribution < 1.29 is 17.9 Å². The Kier molecular flexibility index (Phi) is 4.00. The number of ether oxygens (including phenoxy) is 1. The molecule has 1 rings (SSSR count). The van der Waals surface area contributed by atoms with E-state index in [1.165, 1.54) is 0 Å². The Morgan fingerprint density at radius 3 is 2.33 bits per heavy atom. The lowest BCUT2D eigenvalue weighted by molar-refractivity contribution is -0.261. The van der Waals surface area contributed by atoms with Gasteiger partial charge < -0.3 is 10.1 Å². The number of rotatable bonds is 5. The van der Waals surface area contributed by atoms with E-state index in [4.69, 9.17) is 4.74 Å². The van der Waals surface area contributed by atoms with Crippen LogP contribution < -0.4 is 5.32 Å². The highest BCUT2D eigenvalue weighted by Crippen LogP contribution is 2.41. The summed E-state index contributed by atoms with van der Waals surface area (Å²) in [6, 6.07) is 0. The second-order valence-electron chi connectivity index (χ2n) is 4.19. The molecule has 0 aromatic heterocycles. The Hall–Kier alpha value is -0.290. The lowest BCUT2D eigenvalue weighted by Crippen LogP contribution is -2.47. The summed E-state index contributed by atoms with van der Waals surface area (Å²) in [6.07, 6.45) is -2.79. The van der Waals surface area contributed by atoms with Crippen LogP contribution in [0, 0.1) is 0 Å². The molecule has 1 unspecified atom stereocenters. The lowest BCUT2D eigenvalue weighted by Gasteiger charge is -2.44. The number of hydrogen-bond acceptors (Lipinski definition) is 2. The summed E-state index contributed by atoms with van der Waals surface area (Å²) >= 11 is 0. The zero-order chi connectivity index (χ0) is 11.5. The van der Waals surface area contributed by atoms with Gasteiger partial charge in [0.1, 0.15) is 0 Å². The van der Waals surface area contributed by atoms with Crippen LogP contribution >= 0.6 is 0 Å². The molecule has 0 heterocycles. The van der Waals surface area contributed by atoms with Gasteiger partial charge in [-0.1, -0.05) is 0 Å². The van der Waals surface area contributed by atoms with Crippen LogP contribution in [0.15, 0.2) is 0 Å². The molecule has 0 bridgehead atoms. The molecule has 0 amide bonds. The minimum absolute atomic E-state index is 0.530. The fourth-order valence-corrected chi connectivity index (χ4v) is 1.79. The molecule has 5 heteroatoms. The van der Waals surface area contributed by atoms with Crippen molar-refractivity contribution in [3.05, 3.63) is 0 Å². The van der Waals surface area contributed by atoms with E-state index in [9.17, 15) is 13.2 Å². The molecule has 90 valence electrons. The van der Waals surface area contributed by atoms with Gasteiger partial charge in [-0.2, -0.15) is 13.2 Å². The molecule has 0 radical (unpaired) electrons. The molecule has 1 atom stereocenters. The second-order valence-corrected chi connectivity index (χ2v) is 4.19. The Morgan fingerprint density at radius 2 is 2.00 bits per heavy atom. The molecule has 0 aliphatic heterocycles. The van der Waals surface area contributed by atoms with Crippen LogP contribution in [-0.2, 0) is 4.74 Å². The Bertz CT molecular complexity index is 201. The maximum absolute atomic E-state index is 12.3. The van der Waals surface area contributed by atoms with Crippen molar-refractivity contribution in [1.29, 1.82) is 0 Å². The molecule has 1 aliphatic rings. The molecule has 15 heavy (non-hydrogen) atoms. The van der Waals surface area contributed by atoms with Crippen molar-refractivity contribution in [3.8, 4) is 0 Å². The van der Waals surface area contributed by atoms with Gasteiger partial charge in [0, 0.05) is 0 Å². The van der Waals surface area contributed by atoms with E-state index in [0.717, 1.165) is 26.2 Å². The first-order valence-electron chi connectivity index (χ1n) is 5.29. The Labute approximate surface area is 88.2 Å². The minimum atomic E-state index is -4.25. The summed E-state index contributed by atoms with van der Waals surface area (Å²) in [7, 11) is 1.79. The van der Waals surface area contributed by atoms with E-state index in [2.05, 4.69) is 5.32 Å². The molecule has 0 aromatic rings. The molecule has 1 aliphatic carbocycles. The van der Waals surface area contributed by atoms with Crippen LogP contribution in [0.3, 0.4) is 0 Å². The minimum Gasteiger partial charge on any atom is -0.363 e. The molecule has 1 saturated carbocycles. The van der Waals surface area contributed by atoms with Gasteiger partial charge in [0.2, 0.25) is 0 Å². The topological polar surface area (TPSA) is 21.3 Å². The van der Waals surface area contributed by atoms with Gasteiger partial charge in [0.15, 0.2) is 6.10 Å². The smallest absolute Gasteiger partial charge is 0.363 e. The zero-order valence-corrected chi connectivity index (χ0v) is 9.16. The molecule has 0 aromatic carbocycles. The van der Waals surface area contributed by atoms with E-state index in [1.54, 1.807) is 7.05 Å². The number of nitrogens with one attached hydrogen (secondary N) is 1. The maximum atomic E-state index is 12.3. The maximum Gasteiger partial charge on any atom is 0.414 e. The fraction of sp³-hybridized carbons (Fsp3) is 1.00. The summed E-state index contributed by atoms with van der Waals surface area (Å²) in [5.74, 6) is 0. The molecule has 1 N–H and O–H groups in total. The summed E-state index contributed by atoms with van der Waals surface area (Å²) in [5.41, 5.74) is -0.530. The summed E-state index contributed by atoms with van der Waals surface area (Å²) < 4.78 is 42.1. The van der Waals surface area contributed by atoms with Crippen LogP contribution in [0.25, 0.3) is 0 Å². The standard InChI is InChI=1S/C10H18F3NO/c1-8(10(11,12)13)15-9(4-3-5-9)6-7-14-2/h8,14H,3-7H2,1-2H3. The van der Waals surface area contributed by atoms with Gasteiger partial charge in [-0.25, -0.2) is 0 Å². The lowest BCUT2D eigenvalue weighted by atomic mass is 9.77. The van der Waals surface area contributed by atoms with Crippen LogP contribution in [0.5, 0.6) is 0 Å². The first-order valence-corrected chi connectivity index (χ1v) is 5.29. The molecule has 0 saturated heterocycles. The number of halogens is 3. The van der Waals surface area contributed by atoms with Crippen LogP contribution in [-0.4, -0.2) is 31.5 Å². The van der Waals surface area contributed by atoms with Crippen LogP contribution in [0.4, 0.5) is 13.2 Å². The van der Waals surface area contributed by atoms with Crippen LogP contribution in [0.1, 0.15) is 32.6 Å². The summed E-state index contributed by atoms with van der Waals surface area (Å²) in [6.45, 7) is 1.78. The van der Waals surface area contributed by atoms with Crippen LogP contribution in [0.2, 0.25) is 0 Å². The highest BCUT2D eigenvalue weighted by atomic mass is 19.4. The van der Waals surface area contributed by atoms with Gasteiger partial charge in [-0.05, 0) is 46.2 Å². The van der Waals surface area contributed by atoms with Gasteiger partial charge in [-0.3, -0.25) is 0 Å². The largest absolute Gasteiger partial charge is 0.414 e. The Balaban J connectivity index is 2.45. The fourth-order valence-electron chi connectivity index (χ4n) is 1.79. The van der Waals surface area contributed by atoms with Crippen molar-refractivity contribution in [3.63, 3.8) is 0 Å². The van der Waals surface area contributed by atoms with Gasteiger partial charge in [0.25, 0.3) is 0 Å².